The average Bonchev–Trinajstić information content (AvgIpc) is 3.48. The SMILES string of the molecule is Cc1nn(Cc2c(F)c(F)c(F)c(F)c2F)c(C)c1NC(=O)c1ccc(COc2ccccc2[N+](=O)[O-])o1. The molecule has 0 aliphatic rings. The van der Waals surface area contributed by atoms with Crippen LogP contribution in [0.4, 0.5) is 33.3 Å². The summed E-state index contributed by atoms with van der Waals surface area (Å²) in [7, 11) is 0. The van der Waals surface area contributed by atoms with Gasteiger partial charge in [0.2, 0.25) is 5.82 Å². The first kappa shape index (κ1) is 26.3. The zero-order chi connectivity index (χ0) is 27.7. The van der Waals surface area contributed by atoms with E-state index in [0.29, 0.717) is 0 Å². The fraction of sp³-hybridized carbons (Fsp3) is 0.167. The summed E-state index contributed by atoms with van der Waals surface area (Å²) in [6.07, 6.45) is 0. The standard InChI is InChI=1S/C24H17F5N4O5/c1-11-23(12(2)32(31-11)9-14-18(25)20(27)22(29)21(28)19(14)26)30-24(34)17-8-7-13(38-17)10-37-16-6-4-3-5-15(16)33(35)36/h3-8H,9-10H2,1-2H3,(H,30,34). The summed E-state index contributed by atoms with van der Waals surface area (Å²) in [5, 5.41) is 17.7. The van der Waals surface area contributed by atoms with E-state index >= 15 is 0 Å². The van der Waals surface area contributed by atoms with Crippen LogP contribution in [-0.2, 0) is 13.2 Å². The van der Waals surface area contributed by atoms with Gasteiger partial charge in [-0.25, -0.2) is 22.0 Å². The van der Waals surface area contributed by atoms with Crippen molar-refractivity contribution in [3.05, 3.63) is 104 Å². The minimum absolute atomic E-state index is 0.00681. The van der Waals surface area contributed by atoms with Gasteiger partial charge in [0.15, 0.2) is 34.8 Å². The van der Waals surface area contributed by atoms with Crippen LogP contribution in [0.3, 0.4) is 0 Å². The Morgan fingerprint density at radius 1 is 1.03 bits per heavy atom. The predicted octanol–water partition coefficient (Wildman–Crippen LogP) is 5.58. The highest BCUT2D eigenvalue weighted by Gasteiger charge is 2.27. The van der Waals surface area contributed by atoms with Crippen LogP contribution in [0.5, 0.6) is 5.75 Å². The van der Waals surface area contributed by atoms with Crippen molar-refractivity contribution in [2.45, 2.75) is 27.0 Å². The number of benzene rings is 2. The number of nitro groups is 1. The van der Waals surface area contributed by atoms with Gasteiger partial charge in [0.05, 0.1) is 34.1 Å². The number of furan rings is 1. The fourth-order valence-corrected chi connectivity index (χ4v) is 3.60. The molecule has 2 aromatic heterocycles. The Morgan fingerprint density at radius 3 is 2.32 bits per heavy atom. The van der Waals surface area contributed by atoms with Gasteiger partial charge in [0.1, 0.15) is 12.4 Å². The van der Waals surface area contributed by atoms with Crippen molar-refractivity contribution in [1.82, 2.24) is 9.78 Å². The van der Waals surface area contributed by atoms with E-state index in [1.807, 2.05) is 0 Å². The van der Waals surface area contributed by atoms with Gasteiger partial charge in [0.25, 0.3) is 5.91 Å². The second kappa shape index (κ2) is 10.3. The first-order valence-corrected chi connectivity index (χ1v) is 10.8. The van der Waals surface area contributed by atoms with Crippen LogP contribution in [0.25, 0.3) is 0 Å². The highest BCUT2D eigenvalue weighted by atomic mass is 19.2. The quantitative estimate of drug-likeness (QED) is 0.104. The Morgan fingerprint density at radius 2 is 1.66 bits per heavy atom. The lowest BCUT2D eigenvalue weighted by atomic mass is 10.1. The Labute approximate surface area is 210 Å². The van der Waals surface area contributed by atoms with Crippen molar-refractivity contribution in [2.75, 3.05) is 5.32 Å². The number of aryl methyl sites for hydroxylation is 1. The molecule has 4 aromatic rings. The number of ether oxygens (including phenoxy) is 1. The van der Waals surface area contributed by atoms with Crippen molar-refractivity contribution < 1.29 is 40.8 Å². The van der Waals surface area contributed by atoms with E-state index in [9.17, 15) is 36.9 Å². The molecule has 0 radical (unpaired) electrons. The summed E-state index contributed by atoms with van der Waals surface area (Å²) in [6, 6.07) is 8.47. The third-order valence-electron chi connectivity index (χ3n) is 5.55. The average molecular weight is 536 g/mol. The molecule has 1 amide bonds. The van der Waals surface area contributed by atoms with Crippen LogP contribution in [0.2, 0.25) is 0 Å². The van der Waals surface area contributed by atoms with Gasteiger partial charge >= 0.3 is 5.69 Å². The van der Waals surface area contributed by atoms with Crippen molar-refractivity contribution in [3.63, 3.8) is 0 Å². The molecular formula is C24H17F5N4O5. The number of nitrogens with one attached hydrogen (secondary N) is 1. The summed E-state index contributed by atoms with van der Waals surface area (Å²) < 4.78 is 80.5. The molecule has 0 spiro atoms. The first-order chi connectivity index (χ1) is 18.0. The number of aromatic nitrogens is 2. The number of hydrogen-bond donors (Lipinski definition) is 1. The Balaban J connectivity index is 1.49. The van der Waals surface area contributed by atoms with Gasteiger partial charge in [-0.15, -0.1) is 0 Å². The molecule has 0 atom stereocenters. The van der Waals surface area contributed by atoms with Gasteiger partial charge in [-0.1, -0.05) is 12.1 Å². The molecule has 198 valence electrons. The Hall–Kier alpha value is -4.75. The van der Waals surface area contributed by atoms with Gasteiger partial charge in [0, 0.05) is 6.07 Å². The van der Waals surface area contributed by atoms with Gasteiger partial charge in [-0.3, -0.25) is 19.6 Å². The first-order valence-electron chi connectivity index (χ1n) is 10.8. The largest absolute Gasteiger partial charge is 0.479 e. The van der Waals surface area contributed by atoms with Gasteiger partial charge in [-0.05, 0) is 32.0 Å². The number of halogens is 5. The highest BCUT2D eigenvalue weighted by molar-refractivity contribution is 6.02. The third-order valence-corrected chi connectivity index (χ3v) is 5.55. The maximum Gasteiger partial charge on any atom is 0.310 e. The third kappa shape index (κ3) is 4.92. The summed E-state index contributed by atoms with van der Waals surface area (Å²) in [6.45, 7) is 1.89. The number of carbonyl (C=O) groups excluding carboxylic acids is 1. The van der Waals surface area contributed by atoms with E-state index in [4.69, 9.17) is 9.15 Å². The molecule has 0 bridgehead atoms. The number of nitro benzene ring substituents is 1. The summed E-state index contributed by atoms with van der Waals surface area (Å²) in [4.78, 5) is 23.2. The van der Waals surface area contributed by atoms with Crippen LogP contribution >= 0.6 is 0 Å². The molecule has 4 rings (SSSR count). The maximum absolute atomic E-state index is 14.1. The zero-order valence-corrected chi connectivity index (χ0v) is 19.7. The van der Waals surface area contributed by atoms with E-state index in [2.05, 4.69) is 10.4 Å². The molecule has 0 aliphatic carbocycles. The number of nitrogens with zero attached hydrogens (tertiary/aromatic N) is 3. The molecule has 0 saturated heterocycles. The van der Waals surface area contributed by atoms with E-state index < -0.39 is 52.0 Å². The molecular weight excluding hydrogens is 519 g/mol. The molecule has 0 saturated carbocycles. The molecule has 2 heterocycles. The second-order valence-electron chi connectivity index (χ2n) is 7.99. The summed E-state index contributed by atoms with van der Waals surface area (Å²) in [5.41, 5.74) is -0.824. The van der Waals surface area contributed by atoms with Crippen molar-refractivity contribution in [2.24, 2.45) is 0 Å². The number of anilines is 1. The lowest BCUT2D eigenvalue weighted by Gasteiger charge is -2.10. The summed E-state index contributed by atoms with van der Waals surface area (Å²) >= 11 is 0. The Kier molecular flexibility index (Phi) is 7.15. The lowest BCUT2D eigenvalue weighted by Crippen LogP contribution is -2.14. The molecule has 0 unspecified atom stereocenters. The van der Waals surface area contributed by atoms with E-state index in [1.54, 1.807) is 6.07 Å². The monoisotopic (exact) mass is 536 g/mol. The van der Waals surface area contributed by atoms with Crippen LogP contribution < -0.4 is 10.1 Å². The van der Waals surface area contributed by atoms with Crippen molar-refractivity contribution in [3.8, 4) is 5.75 Å². The minimum Gasteiger partial charge on any atom is -0.479 e. The zero-order valence-electron chi connectivity index (χ0n) is 19.7. The second-order valence-corrected chi connectivity index (χ2v) is 7.99. The normalized spacial score (nSPS) is 11.0. The molecule has 9 nitrogen and oxygen atoms in total. The highest BCUT2D eigenvalue weighted by Crippen LogP contribution is 2.28. The molecule has 2 aromatic carbocycles. The number of amides is 1. The van der Waals surface area contributed by atoms with Crippen molar-refractivity contribution in [1.29, 1.82) is 0 Å². The van der Waals surface area contributed by atoms with Crippen molar-refractivity contribution >= 4 is 17.3 Å². The lowest BCUT2D eigenvalue weighted by molar-refractivity contribution is -0.386. The van der Waals surface area contributed by atoms with E-state index in [0.717, 1.165) is 4.68 Å². The topological polar surface area (TPSA) is 112 Å². The molecule has 14 heteroatoms. The van der Waals surface area contributed by atoms with Crippen LogP contribution in [0, 0.1) is 53.0 Å². The van der Waals surface area contributed by atoms with Gasteiger partial charge < -0.3 is 14.5 Å². The molecule has 38 heavy (non-hydrogen) atoms. The minimum atomic E-state index is -2.27. The number of carbonyl (C=O) groups is 1. The fourth-order valence-electron chi connectivity index (χ4n) is 3.60. The molecule has 0 aliphatic heterocycles. The summed E-state index contributed by atoms with van der Waals surface area (Å²) in [5.74, 6) is -11.1. The van der Waals surface area contributed by atoms with Crippen LogP contribution in [-0.4, -0.2) is 20.6 Å². The van der Waals surface area contributed by atoms with Crippen LogP contribution in [0.15, 0.2) is 40.8 Å². The number of rotatable bonds is 8. The molecule has 1 N–H and O–H groups in total. The molecule has 0 fully saturated rings. The number of para-hydroxylation sites is 2. The van der Waals surface area contributed by atoms with E-state index in [-0.39, 0.29) is 46.6 Å². The number of hydrogen-bond acceptors (Lipinski definition) is 6. The van der Waals surface area contributed by atoms with Gasteiger partial charge in [-0.2, -0.15) is 5.10 Å². The Bertz CT molecular complexity index is 1540. The maximum atomic E-state index is 14.1. The predicted molar refractivity (Wildman–Crippen MR) is 121 cm³/mol. The smallest absolute Gasteiger partial charge is 0.310 e. The van der Waals surface area contributed by atoms with Crippen LogP contribution in [0.1, 0.15) is 33.3 Å². The van der Waals surface area contributed by atoms with E-state index in [1.165, 1.54) is 44.2 Å².